The lowest BCUT2D eigenvalue weighted by molar-refractivity contribution is 0.184. The average molecular weight is 291 g/mol. The van der Waals surface area contributed by atoms with E-state index in [4.69, 9.17) is 5.11 Å². The minimum Gasteiger partial charge on any atom is -0.395 e. The van der Waals surface area contributed by atoms with E-state index in [-0.39, 0.29) is 6.61 Å². The molecule has 2 aromatic heterocycles. The van der Waals surface area contributed by atoms with E-state index in [9.17, 15) is 0 Å². The van der Waals surface area contributed by atoms with Crippen LogP contribution in [0.3, 0.4) is 0 Å². The number of aliphatic hydroxyl groups excluding tert-OH is 1. The first-order valence-corrected chi connectivity index (χ1v) is 7.59. The molecule has 0 aliphatic carbocycles. The van der Waals surface area contributed by atoms with Gasteiger partial charge in [-0.3, -0.25) is 4.90 Å². The van der Waals surface area contributed by atoms with Gasteiger partial charge in [0.1, 0.15) is 0 Å². The highest BCUT2D eigenvalue weighted by Crippen LogP contribution is 2.33. The SMILES string of the molecule is OCCN1CCC[C@H]1c1csc(Nc2ncccn2)n1. The fraction of sp³-hybridized carbons (Fsp3) is 0.462. The minimum absolute atomic E-state index is 0.198. The van der Waals surface area contributed by atoms with Gasteiger partial charge in [-0.25, -0.2) is 15.0 Å². The van der Waals surface area contributed by atoms with Crippen molar-refractivity contribution in [2.75, 3.05) is 25.0 Å². The first-order valence-electron chi connectivity index (χ1n) is 6.71. The summed E-state index contributed by atoms with van der Waals surface area (Å²) in [6.45, 7) is 1.95. The quantitative estimate of drug-likeness (QED) is 0.875. The molecular formula is C13H17N5OS. The van der Waals surface area contributed by atoms with Crippen LogP contribution in [0.25, 0.3) is 0 Å². The monoisotopic (exact) mass is 291 g/mol. The van der Waals surface area contributed by atoms with E-state index in [0.29, 0.717) is 18.5 Å². The number of aliphatic hydroxyl groups is 1. The van der Waals surface area contributed by atoms with Gasteiger partial charge in [0.25, 0.3) is 0 Å². The Balaban J connectivity index is 1.70. The van der Waals surface area contributed by atoms with Gasteiger partial charge in [0.05, 0.1) is 18.3 Å². The smallest absolute Gasteiger partial charge is 0.228 e. The molecule has 0 spiro atoms. The summed E-state index contributed by atoms with van der Waals surface area (Å²) in [6, 6.07) is 2.11. The fourth-order valence-electron chi connectivity index (χ4n) is 2.51. The van der Waals surface area contributed by atoms with Crippen molar-refractivity contribution >= 4 is 22.4 Å². The van der Waals surface area contributed by atoms with E-state index < -0.39 is 0 Å². The van der Waals surface area contributed by atoms with Crippen molar-refractivity contribution in [3.05, 3.63) is 29.5 Å². The fourth-order valence-corrected chi connectivity index (χ4v) is 3.26. The Bertz CT molecular complexity index is 547. The summed E-state index contributed by atoms with van der Waals surface area (Å²) in [4.78, 5) is 15.2. The van der Waals surface area contributed by atoms with Crippen LogP contribution in [0, 0.1) is 0 Å². The van der Waals surface area contributed by atoms with Gasteiger partial charge in [-0.05, 0) is 25.5 Å². The summed E-state index contributed by atoms with van der Waals surface area (Å²) in [7, 11) is 0. The zero-order valence-electron chi connectivity index (χ0n) is 11.1. The van der Waals surface area contributed by atoms with Gasteiger partial charge in [0.2, 0.25) is 5.95 Å². The Morgan fingerprint density at radius 1 is 1.40 bits per heavy atom. The molecule has 1 aliphatic heterocycles. The number of rotatable bonds is 5. The molecule has 1 fully saturated rings. The number of anilines is 2. The molecule has 6 nitrogen and oxygen atoms in total. The van der Waals surface area contributed by atoms with Crippen molar-refractivity contribution in [1.29, 1.82) is 0 Å². The summed E-state index contributed by atoms with van der Waals surface area (Å²) in [5, 5.41) is 15.1. The first kappa shape index (κ1) is 13.4. The van der Waals surface area contributed by atoms with Crippen LogP contribution in [0.5, 0.6) is 0 Å². The molecule has 0 unspecified atom stereocenters. The molecule has 106 valence electrons. The highest BCUT2D eigenvalue weighted by atomic mass is 32.1. The largest absolute Gasteiger partial charge is 0.395 e. The Morgan fingerprint density at radius 3 is 3.05 bits per heavy atom. The third kappa shape index (κ3) is 2.95. The third-order valence-corrected chi connectivity index (χ3v) is 4.17. The maximum atomic E-state index is 9.10. The van der Waals surface area contributed by atoms with Crippen molar-refractivity contribution in [3.8, 4) is 0 Å². The number of thiazole rings is 1. The van der Waals surface area contributed by atoms with Crippen LogP contribution in [-0.4, -0.2) is 44.7 Å². The van der Waals surface area contributed by atoms with Crippen LogP contribution in [0.15, 0.2) is 23.8 Å². The molecule has 2 N–H and O–H groups in total. The van der Waals surface area contributed by atoms with E-state index >= 15 is 0 Å². The maximum Gasteiger partial charge on any atom is 0.228 e. The van der Waals surface area contributed by atoms with Gasteiger partial charge in [-0.2, -0.15) is 0 Å². The molecule has 0 bridgehead atoms. The summed E-state index contributed by atoms with van der Waals surface area (Å²) in [5.74, 6) is 0.562. The molecule has 1 aliphatic rings. The Hall–Kier alpha value is -1.57. The van der Waals surface area contributed by atoms with Crippen LogP contribution in [0.1, 0.15) is 24.6 Å². The van der Waals surface area contributed by atoms with Crippen LogP contribution < -0.4 is 5.32 Å². The highest BCUT2D eigenvalue weighted by Gasteiger charge is 2.27. The van der Waals surface area contributed by atoms with Gasteiger partial charge in [0.15, 0.2) is 5.13 Å². The van der Waals surface area contributed by atoms with Crippen molar-refractivity contribution in [2.45, 2.75) is 18.9 Å². The van der Waals surface area contributed by atoms with Crippen LogP contribution in [0.2, 0.25) is 0 Å². The van der Waals surface area contributed by atoms with Crippen molar-refractivity contribution < 1.29 is 5.11 Å². The molecule has 0 aromatic carbocycles. The molecule has 7 heteroatoms. The van der Waals surface area contributed by atoms with Crippen molar-refractivity contribution in [2.24, 2.45) is 0 Å². The van der Waals surface area contributed by atoms with E-state index in [1.807, 2.05) is 0 Å². The molecule has 3 heterocycles. The lowest BCUT2D eigenvalue weighted by Gasteiger charge is -2.21. The minimum atomic E-state index is 0.198. The first-order chi connectivity index (χ1) is 9.86. The zero-order chi connectivity index (χ0) is 13.8. The predicted octanol–water partition coefficient (Wildman–Crippen LogP) is 1.81. The second-order valence-electron chi connectivity index (χ2n) is 4.69. The molecule has 2 aromatic rings. The summed E-state index contributed by atoms with van der Waals surface area (Å²) >= 11 is 1.56. The van der Waals surface area contributed by atoms with Crippen LogP contribution >= 0.6 is 11.3 Å². The normalized spacial score (nSPS) is 19.4. The average Bonchev–Trinajstić information content (AvgIpc) is 3.09. The van der Waals surface area contributed by atoms with Gasteiger partial charge in [-0.1, -0.05) is 0 Å². The maximum absolute atomic E-state index is 9.10. The van der Waals surface area contributed by atoms with Gasteiger partial charge in [-0.15, -0.1) is 11.3 Å². The number of nitrogens with zero attached hydrogens (tertiary/aromatic N) is 4. The third-order valence-electron chi connectivity index (χ3n) is 3.40. The standard InChI is InChI=1S/C13H17N5OS/c19-8-7-18-6-1-3-11(18)10-9-20-13(16-10)17-12-14-4-2-5-15-12/h2,4-5,9,11,19H,1,3,6-8H2,(H,14,15,16,17)/t11-/m0/s1. The van der Waals surface area contributed by atoms with Crippen molar-refractivity contribution in [1.82, 2.24) is 19.9 Å². The number of hydrogen-bond donors (Lipinski definition) is 2. The molecule has 1 saturated heterocycles. The second kappa shape index (κ2) is 6.25. The Labute approximate surface area is 121 Å². The lowest BCUT2D eigenvalue weighted by Crippen LogP contribution is -2.26. The molecule has 20 heavy (non-hydrogen) atoms. The van der Waals surface area contributed by atoms with E-state index in [2.05, 4.69) is 30.5 Å². The molecule has 0 radical (unpaired) electrons. The van der Waals surface area contributed by atoms with E-state index in [1.54, 1.807) is 29.8 Å². The number of hydrogen-bond acceptors (Lipinski definition) is 7. The summed E-state index contributed by atoms with van der Waals surface area (Å²) in [5.41, 5.74) is 1.07. The lowest BCUT2D eigenvalue weighted by atomic mass is 10.2. The van der Waals surface area contributed by atoms with Crippen LogP contribution in [-0.2, 0) is 0 Å². The molecule has 3 rings (SSSR count). The topological polar surface area (TPSA) is 74.2 Å². The second-order valence-corrected chi connectivity index (χ2v) is 5.55. The van der Waals surface area contributed by atoms with Gasteiger partial charge < -0.3 is 10.4 Å². The summed E-state index contributed by atoms with van der Waals surface area (Å²) < 4.78 is 0. The van der Waals surface area contributed by atoms with Gasteiger partial charge in [0, 0.05) is 24.3 Å². The van der Waals surface area contributed by atoms with Gasteiger partial charge >= 0.3 is 0 Å². The number of likely N-dealkylation sites (tertiary alicyclic amines) is 1. The van der Waals surface area contributed by atoms with E-state index in [1.165, 1.54) is 0 Å². The highest BCUT2D eigenvalue weighted by molar-refractivity contribution is 7.13. The molecule has 1 atom stereocenters. The van der Waals surface area contributed by atoms with Crippen LogP contribution in [0.4, 0.5) is 11.1 Å². The number of nitrogens with one attached hydrogen (secondary N) is 1. The Kier molecular flexibility index (Phi) is 4.19. The van der Waals surface area contributed by atoms with E-state index in [0.717, 1.165) is 30.2 Å². The molecule has 0 saturated carbocycles. The summed E-state index contributed by atoms with van der Waals surface area (Å²) in [6.07, 6.45) is 5.66. The number of β-amino-alcohol motifs (C(OH)–C–C–N with tert-alkyl or cyclic N) is 1. The Morgan fingerprint density at radius 2 is 2.25 bits per heavy atom. The zero-order valence-corrected chi connectivity index (χ0v) is 11.9. The van der Waals surface area contributed by atoms with Crippen molar-refractivity contribution in [3.63, 3.8) is 0 Å². The number of aromatic nitrogens is 3. The molecular weight excluding hydrogens is 274 g/mol. The molecule has 0 amide bonds. The predicted molar refractivity (Wildman–Crippen MR) is 78.1 cm³/mol.